The molecule has 2 amide bonds. The van der Waals surface area contributed by atoms with Crippen LogP contribution >= 0.6 is 15.9 Å². The monoisotopic (exact) mass is 432 g/mol. The lowest BCUT2D eigenvalue weighted by molar-refractivity contribution is -0.136. The second-order valence-electron chi connectivity index (χ2n) is 5.72. The summed E-state index contributed by atoms with van der Waals surface area (Å²) in [5.74, 6) is -0.607. The lowest BCUT2D eigenvalue weighted by Gasteiger charge is -2.30. The molecule has 3 N–H and O–H groups in total. The van der Waals surface area contributed by atoms with Crippen molar-refractivity contribution < 1.29 is 24.2 Å². The van der Waals surface area contributed by atoms with Crippen LogP contribution in [0.3, 0.4) is 0 Å². The largest absolute Gasteiger partial charge is 0.504 e. The van der Waals surface area contributed by atoms with E-state index in [9.17, 15) is 14.7 Å². The molecule has 0 radical (unpaired) electrons. The van der Waals surface area contributed by atoms with Crippen LogP contribution in [-0.2, 0) is 9.53 Å². The molecule has 0 fully saturated rings. The molecule has 1 aliphatic heterocycles. The van der Waals surface area contributed by atoms with Gasteiger partial charge in [-0.05, 0) is 17.7 Å². The number of methoxy groups -OCH3 is 2. The van der Waals surface area contributed by atoms with Crippen molar-refractivity contribution in [1.82, 2.24) is 10.6 Å². The van der Waals surface area contributed by atoms with Gasteiger partial charge in [-0.1, -0.05) is 46.3 Å². The van der Waals surface area contributed by atoms with Crippen LogP contribution in [0.25, 0.3) is 5.70 Å². The molecule has 7 nitrogen and oxygen atoms in total. The number of phenolic OH excluding ortho intramolecular Hbond substituents is 1. The highest BCUT2D eigenvalue weighted by Crippen LogP contribution is 2.41. The molecule has 0 saturated heterocycles. The summed E-state index contributed by atoms with van der Waals surface area (Å²) < 4.78 is 10.7. The van der Waals surface area contributed by atoms with Gasteiger partial charge in [0.2, 0.25) is 0 Å². The van der Waals surface area contributed by atoms with Gasteiger partial charge in [-0.25, -0.2) is 9.59 Å². The average Bonchev–Trinajstić information content (AvgIpc) is 2.68. The van der Waals surface area contributed by atoms with Gasteiger partial charge in [0, 0.05) is 10.0 Å². The Bertz CT molecular complexity index is 927. The number of carbonyl (C=O) groups excluding carboxylic acids is 2. The Kier molecular flexibility index (Phi) is 5.36. The van der Waals surface area contributed by atoms with Gasteiger partial charge in [0.25, 0.3) is 0 Å². The van der Waals surface area contributed by atoms with Gasteiger partial charge >= 0.3 is 12.0 Å². The molecule has 1 aliphatic rings. The number of carbonyl (C=O) groups is 2. The fraction of sp³-hybridized carbons (Fsp3) is 0.158. The van der Waals surface area contributed by atoms with Gasteiger partial charge in [0.05, 0.1) is 31.5 Å². The zero-order valence-corrected chi connectivity index (χ0v) is 16.2. The lowest BCUT2D eigenvalue weighted by atomic mass is 9.92. The van der Waals surface area contributed by atoms with Crippen LogP contribution in [0.2, 0.25) is 0 Å². The van der Waals surface area contributed by atoms with Gasteiger partial charge in [-0.3, -0.25) is 0 Å². The third-order valence-electron chi connectivity index (χ3n) is 4.14. The maximum atomic E-state index is 12.6. The Labute approximate surface area is 164 Å². The number of esters is 1. The predicted octanol–water partition coefficient (Wildman–Crippen LogP) is 3.10. The minimum absolute atomic E-state index is 0.166. The summed E-state index contributed by atoms with van der Waals surface area (Å²) in [6, 6.07) is 10.7. The first-order valence-electron chi connectivity index (χ1n) is 7.98. The highest BCUT2D eigenvalue weighted by atomic mass is 79.9. The zero-order chi connectivity index (χ0) is 19.6. The summed E-state index contributed by atoms with van der Waals surface area (Å²) >= 11 is 3.35. The van der Waals surface area contributed by atoms with Gasteiger partial charge in [0.15, 0.2) is 11.5 Å². The molecule has 8 heteroatoms. The van der Waals surface area contributed by atoms with Crippen molar-refractivity contribution in [2.24, 2.45) is 0 Å². The van der Waals surface area contributed by atoms with E-state index < -0.39 is 18.0 Å². The fourth-order valence-electron chi connectivity index (χ4n) is 2.93. The SMILES string of the molecule is COC(=O)C1=C(c2ccccc2)NC(=O)NC1c1cc(Br)cc(OC)c1O. The molecule has 1 unspecified atom stereocenters. The predicted molar refractivity (Wildman–Crippen MR) is 102 cm³/mol. The average molecular weight is 433 g/mol. The van der Waals surface area contributed by atoms with Crippen molar-refractivity contribution in [3.63, 3.8) is 0 Å². The third kappa shape index (κ3) is 3.61. The van der Waals surface area contributed by atoms with Crippen LogP contribution < -0.4 is 15.4 Å². The summed E-state index contributed by atoms with van der Waals surface area (Å²) in [6.45, 7) is 0. The molecule has 0 spiro atoms. The lowest BCUT2D eigenvalue weighted by Crippen LogP contribution is -2.45. The molecule has 0 saturated carbocycles. The summed E-state index contributed by atoms with van der Waals surface area (Å²) in [5, 5.41) is 15.9. The molecule has 0 aromatic heterocycles. The first-order chi connectivity index (χ1) is 13.0. The fourth-order valence-corrected chi connectivity index (χ4v) is 3.38. The molecule has 2 aromatic rings. The maximum Gasteiger partial charge on any atom is 0.338 e. The van der Waals surface area contributed by atoms with Gasteiger partial charge < -0.3 is 25.2 Å². The van der Waals surface area contributed by atoms with E-state index in [1.807, 2.05) is 6.07 Å². The molecule has 0 bridgehead atoms. The van der Waals surface area contributed by atoms with Crippen LogP contribution in [0.4, 0.5) is 4.79 Å². The van der Waals surface area contributed by atoms with Crippen LogP contribution in [-0.4, -0.2) is 31.3 Å². The normalized spacial score (nSPS) is 16.4. The highest BCUT2D eigenvalue weighted by Gasteiger charge is 2.36. The number of amides is 2. The molecule has 0 aliphatic carbocycles. The number of aromatic hydroxyl groups is 1. The highest BCUT2D eigenvalue weighted by molar-refractivity contribution is 9.10. The van der Waals surface area contributed by atoms with E-state index in [1.165, 1.54) is 14.2 Å². The Balaban J connectivity index is 2.26. The number of halogens is 1. The topological polar surface area (TPSA) is 96.9 Å². The quantitative estimate of drug-likeness (QED) is 0.644. The molecule has 27 heavy (non-hydrogen) atoms. The van der Waals surface area contributed by atoms with Crippen LogP contribution in [0.1, 0.15) is 17.2 Å². The summed E-state index contributed by atoms with van der Waals surface area (Å²) in [4.78, 5) is 24.9. The van der Waals surface area contributed by atoms with Crippen LogP contribution in [0, 0.1) is 0 Å². The Hall–Kier alpha value is -3.00. The molecular weight excluding hydrogens is 416 g/mol. The number of rotatable bonds is 4. The third-order valence-corrected chi connectivity index (χ3v) is 4.60. The van der Waals surface area contributed by atoms with E-state index in [1.54, 1.807) is 36.4 Å². The van der Waals surface area contributed by atoms with E-state index in [0.29, 0.717) is 21.3 Å². The molecular formula is C19H17BrN2O5. The minimum atomic E-state index is -0.937. The van der Waals surface area contributed by atoms with Gasteiger partial charge in [-0.15, -0.1) is 0 Å². The smallest absolute Gasteiger partial charge is 0.338 e. The van der Waals surface area contributed by atoms with Crippen LogP contribution in [0.5, 0.6) is 11.5 Å². The van der Waals surface area contributed by atoms with Crippen molar-refractivity contribution >= 4 is 33.6 Å². The summed E-state index contributed by atoms with van der Waals surface area (Å²) in [7, 11) is 2.67. The number of ether oxygens (including phenoxy) is 2. The van der Waals surface area contributed by atoms with Crippen molar-refractivity contribution in [3.05, 3.63) is 63.6 Å². The summed E-state index contributed by atoms with van der Waals surface area (Å²) in [6.07, 6.45) is 0. The number of hydrogen-bond donors (Lipinski definition) is 3. The van der Waals surface area contributed by atoms with Crippen molar-refractivity contribution in [2.75, 3.05) is 14.2 Å². The second-order valence-corrected chi connectivity index (χ2v) is 6.64. The first-order valence-corrected chi connectivity index (χ1v) is 8.77. The number of phenols is 1. The molecule has 1 atom stereocenters. The Morgan fingerprint density at radius 1 is 1.19 bits per heavy atom. The van der Waals surface area contributed by atoms with Crippen molar-refractivity contribution in [1.29, 1.82) is 0 Å². The van der Waals surface area contributed by atoms with E-state index in [2.05, 4.69) is 26.6 Å². The number of nitrogens with one attached hydrogen (secondary N) is 2. The van der Waals surface area contributed by atoms with Gasteiger partial charge in [-0.2, -0.15) is 0 Å². The maximum absolute atomic E-state index is 12.6. The van der Waals surface area contributed by atoms with E-state index >= 15 is 0 Å². The van der Waals surface area contributed by atoms with Crippen molar-refractivity contribution in [3.8, 4) is 11.5 Å². The Morgan fingerprint density at radius 2 is 1.89 bits per heavy atom. The first kappa shape index (κ1) is 18.8. The second kappa shape index (κ2) is 7.71. The zero-order valence-electron chi connectivity index (χ0n) is 14.6. The van der Waals surface area contributed by atoms with Crippen molar-refractivity contribution in [2.45, 2.75) is 6.04 Å². The van der Waals surface area contributed by atoms with E-state index in [-0.39, 0.29) is 17.1 Å². The minimum Gasteiger partial charge on any atom is -0.504 e. The standard InChI is InChI=1S/C19H17BrN2O5/c1-26-13-9-11(20)8-12(17(13)23)16-14(18(24)27-2)15(21-19(25)22-16)10-6-4-3-5-7-10/h3-9,16,23H,1-2H3,(H2,21,22,25). The Morgan fingerprint density at radius 3 is 2.52 bits per heavy atom. The molecule has 1 heterocycles. The molecule has 2 aromatic carbocycles. The molecule has 140 valence electrons. The van der Waals surface area contributed by atoms with E-state index in [4.69, 9.17) is 9.47 Å². The number of urea groups is 1. The number of hydrogen-bond acceptors (Lipinski definition) is 5. The number of benzene rings is 2. The van der Waals surface area contributed by atoms with Crippen LogP contribution in [0.15, 0.2) is 52.5 Å². The van der Waals surface area contributed by atoms with E-state index in [0.717, 1.165) is 0 Å². The molecule has 3 rings (SSSR count). The summed E-state index contributed by atoms with van der Waals surface area (Å²) in [5.41, 5.74) is 1.41. The van der Waals surface area contributed by atoms with Gasteiger partial charge in [0.1, 0.15) is 0 Å².